The molecule has 0 saturated heterocycles. The quantitative estimate of drug-likeness (QED) is 0.805. The van der Waals surface area contributed by atoms with Crippen LogP contribution >= 0.6 is 11.3 Å². The molecule has 3 heteroatoms. The lowest BCUT2D eigenvalue weighted by Gasteiger charge is -2.16. The van der Waals surface area contributed by atoms with Crippen LogP contribution in [0.15, 0.2) is 5.38 Å². The number of nitrogens with two attached hydrogens (primary N) is 1. The van der Waals surface area contributed by atoms with Gasteiger partial charge in [-0.3, -0.25) is 0 Å². The van der Waals surface area contributed by atoms with Gasteiger partial charge in [0.15, 0.2) is 0 Å². The second kappa shape index (κ2) is 4.72. The van der Waals surface area contributed by atoms with Crippen LogP contribution in [0.2, 0.25) is 0 Å². The molecule has 2 atom stereocenters. The summed E-state index contributed by atoms with van der Waals surface area (Å²) in [6.45, 7) is 7.26. The summed E-state index contributed by atoms with van der Waals surface area (Å²) in [6, 6.07) is 0. The van der Waals surface area contributed by atoms with E-state index in [1.165, 1.54) is 5.69 Å². The van der Waals surface area contributed by atoms with E-state index in [1.807, 2.05) is 6.92 Å². The molecule has 0 aliphatic rings. The van der Waals surface area contributed by atoms with Crippen LogP contribution in [0.3, 0.4) is 0 Å². The number of aryl methyl sites for hydroxylation is 1. The van der Waals surface area contributed by atoms with E-state index in [-0.39, 0.29) is 0 Å². The molecule has 0 radical (unpaired) electrons. The van der Waals surface area contributed by atoms with Crippen LogP contribution in [-0.4, -0.2) is 11.5 Å². The summed E-state index contributed by atoms with van der Waals surface area (Å²) in [5.74, 6) is 1.22. The zero-order valence-corrected chi connectivity index (χ0v) is 9.40. The van der Waals surface area contributed by atoms with Gasteiger partial charge in [0.1, 0.15) is 0 Å². The number of aromatic nitrogens is 1. The summed E-state index contributed by atoms with van der Waals surface area (Å²) < 4.78 is 0. The van der Waals surface area contributed by atoms with Crippen LogP contribution in [0.1, 0.15) is 24.5 Å². The third kappa shape index (κ3) is 3.08. The topological polar surface area (TPSA) is 38.9 Å². The van der Waals surface area contributed by atoms with Crippen molar-refractivity contribution >= 4 is 11.3 Å². The molecule has 1 rings (SSSR count). The maximum absolute atomic E-state index is 5.61. The monoisotopic (exact) mass is 198 g/mol. The van der Waals surface area contributed by atoms with Gasteiger partial charge in [-0.15, -0.1) is 11.3 Å². The molecule has 2 N–H and O–H groups in total. The third-order valence-corrected chi connectivity index (χ3v) is 3.36. The number of nitrogens with zero attached hydrogens (tertiary/aromatic N) is 1. The number of hydrogen-bond donors (Lipinski definition) is 1. The normalized spacial score (nSPS) is 15.7. The zero-order valence-electron chi connectivity index (χ0n) is 8.58. The van der Waals surface area contributed by atoms with Crippen molar-refractivity contribution in [3.63, 3.8) is 0 Å². The maximum Gasteiger partial charge on any atom is 0.0897 e. The highest BCUT2D eigenvalue weighted by Gasteiger charge is 2.12. The fourth-order valence-corrected chi connectivity index (χ4v) is 1.89. The second-order valence-corrected chi connectivity index (χ2v) is 4.81. The van der Waals surface area contributed by atoms with E-state index in [0.717, 1.165) is 18.0 Å². The Bertz CT molecular complexity index is 257. The van der Waals surface area contributed by atoms with Crippen molar-refractivity contribution in [3.05, 3.63) is 16.1 Å². The highest BCUT2D eigenvalue weighted by molar-refractivity contribution is 7.09. The van der Waals surface area contributed by atoms with Gasteiger partial charge in [-0.25, -0.2) is 4.98 Å². The molecule has 0 aliphatic heterocycles. The minimum Gasteiger partial charge on any atom is -0.330 e. The van der Waals surface area contributed by atoms with E-state index in [2.05, 4.69) is 24.2 Å². The minimum atomic E-state index is 0.585. The SMILES string of the molecule is Cc1nc(CC(C)C(C)CN)cs1. The van der Waals surface area contributed by atoms with Gasteiger partial charge in [0.2, 0.25) is 0 Å². The van der Waals surface area contributed by atoms with E-state index < -0.39 is 0 Å². The summed E-state index contributed by atoms with van der Waals surface area (Å²) >= 11 is 1.72. The summed E-state index contributed by atoms with van der Waals surface area (Å²) in [7, 11) is 0. The third-order valence-electron chi connectivity index (χ3n) is 2.54. The molecule has 74 valence electrons. The Morgan fingerprint density at radius 2 is 2.15 bits per heavy atom. The summed E-state index contributed by atoms with van der Waals surface area (Å²) in [5.41, 5.74) is 6.83. The van der Waals surface area contributed by atoms with Gasteiger partial charge in [-0.1, -0.05) is 13.8 Å². The van der Waals surface area contributed by atoms with Crippen LogP contribution < -0.4 is 5.73 Å². The maximum atomic E-state index is 5.61. The predicted octanol–water partition coefficient (Wildman–Crippen LogP) is 2.22. The Balaban J connectivity index is 2.49. The Morgan fingerprint density at radius 3 is 2.62 bits per heavy atom. The van der Waals surface area contributed by atoms with E-state index in [4.69, 9.17) is 5.73 Å². The Labute approximate surface area is 84.2 Å². The molecule has 0 spiro atoms. The lowest BCUT2D eigenvalue weighted by Crippen LogP contribution is -2.20. The van der Waals surface area contributed by atoms with Crippen LogP contribution in [0.4, 0.5) is 0 Å². The van der Waals surface area contributed by atoms with Crippen LogP contribution in [0.25, 0.3) is 0 Å². The highest BCUT2D eigenvalue weighted by Crippen LogP contribution is 2.17. The van der Waals surface area contributed by atoms with E-state index in [9.17, 15) is 0 Å². The Kier molecular flexibility index (Phi) is 3.88. The first-order chi connectivity index (χ1) is 6.13. The number of rotatable bonds is 4. The van der Waals surface area contributed by atoms with Crippen molar-refractivity contribution in [2.45, 2.75) is 27.2 Å². The molecule has 0 aliphatic carbocycles. The molecule has 0 saturated carbocycles. The molecule has 2 unspecified atom stereocenters. The van der Waals surface area contributed by atoms with Gasteiger partial charge in [0.25, 0.3) is 0 Å². The fraction of sp³-hybridized carbons (Fsp3) is 0.700. The Morgan fingerprint density at radius 1 is 1.46 bits per heavy atom. The standard InChI is InChI=1S/C10H18N2S/c1-7(8(2)5-11)4-10-6-13-9(3)12-10/h6-8H,4-5,11H2,1-3H3. The zero-order chi connectivity index (χ0) is 9.84. The molecule has 1 aromatic heterocycles. The van der Waals surface area contributed by atoms with Crippen molar-refractivity contribution in [1.29, 1.82) is 0 Å². The number of hydrogen-bond acceptors (Lipinski definition) is 3. The lowest BCUT2D eigenvalue weighted by atomic mass is 9.92. The first-order valence-electron chi connectivity index (χ1n) is 4.74. The van der Waals surface area contributed by atoms with Crippen molar-refractivity contribution in [2.75, 3.05) is 6.54 Å². The molecule has 0 aromatic carbocycles. The van der Waals surface area contributed by atoms with Crippen LogP contribution in [0, 0.1) is 18.8 Å². The largest absolute Gasteiger partial charge is 0.330 e. The summed E-state index contributed by atoms with van der Waals surface area (Å²) in [5, 5.41) is 3.30. The van der Waals surface area contributed by atoms with Gasteiger partial charge in [-0.05, 0) is 31.7 Å². The smallest absolute Gasteiger partial charge is 0.0897 e. The fourth-order valence-electron chi connectivity index (χ4n) is 1.27. The van der Waals surface area contributed by atoms with Gasteiger partial charge < -0.3 is 5.73 Å². The van der Waals surface area contributed by atoms with E-state index in [1.54, 1.807) is 11.3 Å². The molecule has 2 nitrogen and oxygen atoms in total. The minimum absolute atomic E-state index is 0.585. The Hall–Kier alpha value is -0.410. The summed E-state index contributed by atoms with van der Waals surface area (Å²) in [4.78, 5) is 4.45. The molecule has 0 fully saturated rings. The summed E-state index contributed by atoms with van der Waals surface area (Å²) in [6.07, 6.45) is 1.06. The average Bonchev–Trinajstić information content (AvgIpc) is 2.49. The highest BCUT2D eigenvalue weighted by atomic mass is 32.1. The van der Waals surface area contributed by atoms with Gasteiger partial charge in [-0.2, -0.15) is 0 Å². The number of thiazole rings is 1. The van der Waals surface area contributed by atoms with Crippen molar-refractivity contribution in [3.8, 4) is 0 Å². The molecule has 0 amide bonds. The van der Waals surface area contributed by atoms with Gasteiger partial charge in [0, 0.05) is 5.38 Å². The predicted molar refractivity (Wildman–Crippen MR) is 57.9 cm³/mol. The van der Waals surface area contributed by atoms with Crippen LogP contribution in [0.5, 0.6) is 0 Å². The van der Waals surface area contributed by atoms with E-state index in [0.29, 0.717) is 11.8 Å². The molecule has 1 aromatic rings. The molecule has 1 heterocycles. The van der Waals surface area contributed by atoms with E-state index >= 15 is 0 Å². The van der Waals surface area contributed by atoms with Gasteiger partial charge >= 0.3 is 0 Å². The molecular formula is C10H18N2S. The lowest BCUT2D eigenvalue weighted by molar-refractivity contribution is 0.392. The van der Waals surface area contributed by atoms with Gasteiger partial charge in [0.05, 0.1) is 10.7 Å². The van der Waals surface area contributed by atoms with Crippen molar-refractivity contribution in [2.24, 2.45) is 17.6 Å². The molecule has 13 heavy (non-hydrogen) atoms. The second-order valence-electron chi connectivity index (χ2n) is 3.75. The van der Waals surface area contributed by atoms with Crippen molar-refractivity contribution in [1.82, 2.24) is 4.98 Å². The first kappa shape index (κ1) is 10.7. The van der Waals surface area contributed by atoms with Crippen LogP contribution in [-0.2, 0) is 6.42 Å². The molecule has 0 bridgehead atoms. The first-order valence-corrected chi connectivity index (χ1v) is 5.62. The van der Waals surface area contributed by atoms with Crippen molar-refractivity contribution < 1.29 is 0 Å². The average molecular weight is 198 g/mol. The molecular weight excluding hydrogens is 180 g/mol.